The molecule has 2 heterocycles. The Morgan fingerprint density at radius 3 is 2.81 bits per heavy atom. The molecule has 1 unspecified atom stereocenters. The van der Waals surface area contributed by atoms with Gasteiger partial charge in [-0.1, -0.05) is 18.2 Å². The van der Waals surface area contributed by atoms with Gasteiger partial charge in [0.25, 0.3) is 5.91 Å². The molecule has 0 aromatic heterocycles. The summed E-state index contributed by atoms with van der Waals surface area (Å²) < 4.78 is 10.8. The van der Waals surface area contributed by atoms with Crippen LogP contribution in [0.1, 0.15) is 24.8 Å². The topological polar surface area (TPSA) is 71.1 Å². The SMILES string of the molecule is COc1ccccc1CNC(=O)CN1CCCN(C(=O)C2CCCO2)CC1. The summed E-state index contributed by atoms with van der Waals surface area (Å²) in [7, 11) is 1.63. The standard InChI is InChI=1S/C20H29N3O4/c1-26-17-7-3-2-6-16(17)14-21-19(24)15-22-9-5-10-23(12-11-22)20(25)18-8-4-13-27-18/h2-3,6-7,18H,4-5,8-15H2,1H3,(H,21,24). The summed E-state index contributed by atoms with van der Waals surface area (Å²) >= 11 is 0. The number of amides is 2. The lowest BCUT2D eigenvalue weighted by Gasteiger charge is -2.24. The Kier molecular flexibility index (Phi) is 7.06. The molecule has 7 nitrogen and oxygen atoms in total. The van der Waals surface area contributed by atoms with Gasteiger partial charge in [-0.2, -0.15) is 0 Å². The van der Waals surface area contributed by atoms with Gasteiger partial charge in [0, 0.05) is 44.9 Å². The highest BCUT2D eigenvalue weighted by atomic mass is 16.5. The molecule has 148 valence electrons. The quantitative estimate of drug-likeness (QED) is 0.804. The van der Waals surface area contributed by atoms with Gasteiger partial charge < -0.3 is 19.7 Å². The van der Waals surface area contributed by atoms with Crippen LogP contribution in [0.2, 0.25) is 0 Å². The highest BCUT2D eigenvalue weighted by molar-refractivity contribution is 5.81. The zero-order valence-corrected chi connectivity index (χ0v) is 16.0. The number of carbonyl (C=O) groups is 2. The molecule has 7 heteroatoms. The van der Waals surface area contributed by atoms with E-state index in [1.165, 1.54) is 0 Å². The second-order valence-corrected chi connectivity index (χ2v) is 7.05. The smallest absolute Gasteiger partial charge is 0.251 e. The maximum atomic E-state index is 12.5. The van der Waals surface area contributed by atoms with Crippen molar-refractivity contribution in [2.75, 3.05) is 46.4 Å². The fourth-order valence-electron chi connectivity index (χ4n) is 3.63. The molecule has 2 saturated heterocycles. The van der Waals surface area contributed by atoms with E-state index in [0.717, 1.165) is 43.7 Å². The van der Waals surface area contributed by atoms with Crippen molar-refractivity contribution in [2.45, 2.75) is 31.9 Å². The fourth-order valence-corrected chi connectivity index (χ4v) is 3.63. The molecule has 2 aliphatic heterocycles. The molecule has 27 heavy (non-hydrogen) atoms. The second-order valence-electron chi connectivity index (χ2n) is 7.05. The van der Waals surface area contributed by atoms with Crippen molar-refractivity contribution in [2.24, 2.45) is 0 Å². The Balaban J connectivity index is 1.44. The first-order valence-electron chi connectivity index (χ1n) is 9.68. The number of nitrogens with one attached hydrogen (secondary N) is 1. The van der Waals surface area contributed by atoms with Gasteiger partial charge in [0.05, 0.1) is 13.7 Å². The van der Waals surface area contributed by atoms with Gasteiger partial charge in [0.2, 0.25) is 5.91 Å². The number of benzene rings is 1. The molecule has 0 bridgehead atoms. The van der Waals surface area contributed by atoms with Crippen LogP contribution in [0.25, 0.3) is 0 Å². The summed E-state index contributed by atoms with van der Waals surface area (Å²) in [6.07, 6.45) is 2.39. The zero-order valence-electron chi connectivity index (χ0n) is 16.0. The van der Waals surface area contributed by atoms with Crippen molar-refractivity contribution < 1.29 is 19.1 Å². The first kappa shape index (κ1) is 19.6. The lowest BCUT2D eigenvalue weighted by Crippen LogP contribution is -2.42. The highest BCUT2D eigenvalue weighted by Crippen LogP contribution is 2.17. The summed E-state index contributed by atoms with van der Waals surface area (Å²) in [5, 5.41) is 2.96. The first-order chi connectivity index (χ1) is 13.2. The van der Waals surface area contributed by atoms with Gasteiger partial charge in [-0.05, 0) is 25.3 Å². The summed E-state index contributed by atoms with van der Waals surface area (Å²) in [6.45, 7) is 4.38. The van der Waals surface area contributed by atoms with Crippen LogP contribution in [0.5, 0.6) is 5.75 Å². The molecule has 0 aliphatic carbocycles. The molecular formula is C20H29N3O4. The van der Waals surface area contributed by atoms with E-state index >= 15 is 0 Å². The Morgan fingerprint density at radius 1 is 1.19 bits per heavy atom. The lowest BCUT2D eigenvalue weighted by molar-refractivity contribution is -0.140. The van der Waals surface area contributed by atoms with Crippen molar-refractivity contribution in [3.8, 4) is 5.75 Å². The number of hydrogen-bond donors (Lipinski definition) is 1. The van der Waals surface area contributed by atoms with E-state index in [1.54, 1.807) is 7.11 Å². The normalized spacial score (nSPS) is 20.9. The minimum absolute atomic E-state index is 0.0141. The minimum atomic E-state index is -0.263. The molecule has 1 aromatic carbocycles. The number of carbonyl (C=O) groups excluding carboxylic acids is 2. The van der Waals surface area contributed by atoms with Crippen molar-refractivity contribution in [1.82, 2.24) is 15.1 Å². The van der Waals surface area contributed by atoms with Crippen LogP contribution in [-0.2, 0) is 20.9 Å². The van der Waals surface area contributed by atoms with E-state index in [-0.39, 0.29) is 17.9 Å². The number of hydrogen-bond acceptors (Lipinski definition) is 5. The summed E-state index contributed by atoms with van der Waals surface area (Å²) in [5.41, 5.74) is 0.956. The van der Waals surface area contributed by atoms with E-state index in [0.29, 0.717) is 32.8 Å². The van der Waals surface area contributed by atoms with Crippen molar-refractivity contribution in [3.63, 3.8) is 0 Å². The van der Waals surface area contributed by atoms with Gasteiger partial charge in [0.1, 0.15) is 11.9 Å². The molecule has 1 atom stereocenters. The molecule has 1 aromatic rings. The monoisotopic (exact) mass is 375 g/mol. The third-order valence-corrected chi connectivity index (χ3v) is 5.14. The summed E-state index contributed by atoms with van der Waals surface area (Å²) in [5.74, 6) is 0.866. The predicted molar refractivity (Wildman–Crippen MR) is 101 cm³/mol. The van der Waals surface area contributed by atoms with Crippen LogP contribution in [0.15, 0.2) is 24.3 Å². The van der Waals surface area contributed by atoms with Crippen LogP contribution in [0.3, 0.4) is 0 Å². The van der Waals surface area contributed by atoms with Gasteiger partial charge in [0.15, 0.2) is 0 Å². The molecule has 0 radical (unpaired) electrons. The second kappa shape index (κ2) is 9.71. The van der Waals surface area contributed by atoms with Crippen molar-refractivity contribution in [1.29, 1.82) is 0 Å². The van der Waals surface area contributed by atoms with Crippen LogP contribution in [-0.4, -0.2) is 74.2 Å². The van der Waals surface area contributed by atoms with Crippen LogP contribution >= 0.6 is 0 Å². The third-order valence-electron chi connectivity index (χ3n) is 5.14. The van der Waals surface area contributed by atoms with Gasteiger partial charge in [-0.25, -0.2) is 0 Å². The van der Waals surface area contributed by atoms with Crippen molar-refractivity contribution in [3.05, 3.63) is 29.8 Å². The Bertz CT molecular complexity index is 646. The summed E-state index contributed by atoms with van der Waals surface area (Å²) in [4.78, 5) is 28.8. The molecule has 0 spiro atoms. The predicted octanol–water partition coefficient (Wildman–Crippen LogP) is 1.02. The molecule has 2 fully saturated rings. The minimum Gasteiger partial charge on any atom is -0.496 e. The molecule has 2 amide bonds. The molecule has 0 saturated carbocycles. The maximum Gasteiger partial charge on any atom is 0.251 e. The Labute approximate surface area is 160 Å². The van der Waals surface area contributed by atoms with Gasteiger partial charge in [-0.3, -0.25) is 14.5 Å². The van der Waals surface area contributed by atoms with Gasteiger partial charge in [-0.15, -0.1) is 0 Å². The number of ether oxygens (including phenoxy) is 2. The average Bonchev–Trinajstić information content (AvgIpc) is 3.13. The highest BCUT2D eigenvalue weighted by Gasteiger charge is 2.29. The maximum absolute atomic E-state index is 12.5. The molecule has 2 aliphatic rings. The van der Waals surface area contributed by atoms with E-state index < -0.39 is 0 Å². The van der Waals surface area contributed by atoms with Crippen molar-refractivity contribution >= 4 is 11.8 Å². The lowest BCUT2D eigenvalue weighted by atomic mass is 10.2. The number of rotatable bonds is 6. The van der Waals surface area contributed by atoms with Gasteiger partial charge >= 0.3 is 0 Å². The first-order valence-corrected chi connectivity index (χ1v) is 9.68. The average molecular weight is 375 g/mol. The van der Waals surface area contributed by atoms with E-state index in [2.05, 4.69) is 10.2 Å². The number of para-hydroxylation sites is 1. The molecular weight excluding hydrogens is 346 g/mol. The Morgan fingerprint density at radius 2 is 2.04 bits per heavy atom. The summed E-state index contributed by atoms with van der Waals surface area (Å²) in [6, 6.07) is 7.67. The van der Waals surface area contributed by atoms with Crippen LogP contribution < -0.4 is 10.1 Å². The van der Waals surface area contributed by atoms with E-state index in [9.17, 15) is 9.59 Å². The largest absolute Gasteiger partial charge is 0.496 e. The Hall–Kier alpha value is -2.12. The number of nitrogens with zero attached hydrogens (tertiary/aromatic N) is 2. The third kappa shape index (κ3) is 5.43. The van der Waals surface area contributed by atoms with E-state index in [4.69, 9.17) is 9.47 Å². The molecule has 1 N–H and O–H groups in total. The fraction of sp³-hybridized carbons (Fsp3) is 0.600. The van der Waals surface area contributed by atoms with Crippen LogP contribution in [0.4, 0.5) is 0 Å². The van der Waals surface area contributed by atoms with E-state index in [1.807, 2.05) is 29.2 Å². The molecule has 3 rings (SSSR count). The number of methoxy groups -OCH3 is 1. The van der Waals surface area contributed by atoms with Crippen LogP contribution in [0, 0.1) is 0 Å². The zero-order chi connectivity index (χ0) is 19.1.